The van der Waals surface area contributed by atoms with Gasteiger partial charge in [0.1, 0.15) is 6.17 Å². The largest absolute Gasteiger partial charge is 0.339 e. The van der Waals surface area contributed by atoms with Crippen molar-refractivity contribution < 1.29 is 9.72 Å². The number of non-ortho nitro benzene ring substituents is 1. The van der Waals surface area contributed by atoms with Crippen molar-refractivity contribution in [1.29, 1.82) is 0 Å². The van der Waals surface area contributed by atoms with E-state index in [4.69, 9.17) is 47.0 Å². The highest BCUT2D eigenvalue weighted by Gasteiger charge is 2.35. The number of carbonyl (C=O) groups is 1. The van der Waals surface area contributed by atoms with Gasteiger partial charge in [-0.1, -0.05) is 71.2 Å². The van der Waals surface area contributed by atoms with Gasteiger partial charge in [-0.3, -0.25) is 14.9 Å². The number of halogens is 3. The van der Waals surface area contributed by atoms with E-state index in [1.54, 1.807) is 12.1 Å². The lowest BCUT2D eigenvalue weighted by Gasteiger charge is -2.28. The highest BCUT2D eigenvalue weighted by atomic mass is 35.6. The van der Waals surface area contributed by atoms with E-state index in [1.807, 2.05) is 30.3 Å². The van der Waals surface area contributed by atoms with Gasteiger partial charge in [0.2, 0.25) is 3.79 Å². The van der Waals surface area contributed by atoms with Crippen LogP contribution in [0.5, 0.6) is 0 Å². The Labute approximate surface area is 197 Å². The number of nitro groups is 1. The molecule has 31 heavy (non-hydrogen) atoms. The number of amides is 1. The summed E-state index contributed by atoms with van der Waals surface area (Å²) in [5.41, 5.74) is 0.825. The Morgan fingerprint density at radius 2 is 1.61 bits per heavy atom. The summed E-state index contributed by atoms with van der Waals surface area (Å²) in [6.07, 6.45) is -1.16. The van der Waals surface area contributed by atoms with Gasteiger partial charge in [-0.05, 0) is 41.2 Å². The van der Waals surface area contributed by atoms with Gasteiger partial charge in [0.25, 0.3) is 11.6 Å². The monoisotopic (exact) mass is 496 g/mol. The average molecular weight is 498 g/mol. The summed E-state index contributed by atoms with van der Waals surface area (Å²) in [5.74, 6) is -0.459. The zero-order chi connectivity index (χ0) is 22.6. The molecule has 0 aliphatic heterocycles. The molecule has 160 valence electrons. The number of benzene rings is 3. The molecule has 3 N–H and O–H groups in total. The molecule has 0 saturated carbocycles. The minimum absolute atomic E-state index is 0.0448. The highest BCUT2D eigenvalue weighted by molar-refractivity contribution is 7.80. The number of nitrogens with one attached hydrogen (secondary N) is 3. The Kier molecular flexibility index (Phi) is 7.17. The first-order valence-electron chi connectivity index (χ1n) is 8.82. The number of nitrogens with zero attached hydrogens (tertiary/aromatic N) is 1. The predicted molar refractivity (Wildman–Crippen MR) is 128 cm³/mol. The van der Waals surface area contributed by atoms with E-state index in [9.17, 15) is 14.9 Å². The summed E-state index contributed by atoms with van der Waals surface area (Å²) >= 11 is 23.4. The number of thiocarbonyl (C=S) groups is 1. The van der Waals surface area contributed by atoms with Crippen molar-refractivity contribution >= 4 is 80.2 Å². The molecule has 0 saturated heterocycles. The number of anilines is 1. The Balaban J connectivity index is 1.73. The van der Waals surface area contributed by atoms with Gasteiger partial charge in [-0.2, -0.15) is 0 Å². The molecule has 0 radical (unpaired) electrons. The van der Waals surface area contributed by atoms with Crippen molar-refractivity contribution in [1.82, 2.24) is 10.6 Å². The van der Waals surface area contributed by atoms with Crippen molar-refractivity contribution in [3.63, 3.8) is 0 Å². The molecule has 0 spiro atoms. The van der Waals surface area contributed by atoms with E-state index >= 15 is 0 Å². The van der Waals surface area contributed by atoms with Crippen LogP contribution in [-0.2, 0) is 0 Å². The maximum atomic E-state index is 12.9. The van der Waals surface area contributed by atoms with Gasteiger partial charge in [-0.25, -0.2) is 0 Å². The third kappa shape index (κ3) is 5.95. The molecular formula is C20H15Cl3N4O3S. The molecule has 0 heterocycles. The number of hydrogen-bond acceptors (Lipinski definition) is 4. The fourth-order valence-corrected chi connectivity index (χ4v) is 3.36. The first kappa shape index (κ1) is 23.0. The van der Waals surface area contributed by atoms with E-state index < -0.39 is 20.8 Å². The van der Waals surface area contributed by atoms with Crippen molar-refractivity contribution in [3.8, 4) is 0 Å². The number of nitro benzene ring substituents is 1. The van der Waals surface area contributed by atoms with Gasteiger partial charge in [0.15, 0.2) is 5.11 Å². The quantitative estimate of drug-likeness (QED) is 0.148. The Hall–Kier alpha value is -2.65. The van der Waals surface area contributed by atoms with Crippen LogP contribution in [0.2, 0.25) is 0 Å². The zero-order valence-electron chi connectivity index (χ0n) is 15.6. The molecule has 11 heteroatoms. The fourth-order valence-electron chi connectivity index (χ4n) is 2.80. The van der Waals surface area contributed by atoms with Crippen molar-refractivity contribution in [2.24, 2.45) is 0 Å². The van der Waals surface area contributed by atoms with Crippen LogP contribution in [-0.4, -0.2) is 25.9 Å². The lowest BCUT2D eigenvalue weighted by atomic mass is 10.0. The number of hydrogen-bond donors (Lipinski definition) is 3. The van der Waals surface area contributed by atoms with E-state index in [1.165, 1.54) is 24.3 Å². The summed E-state index contributed by atoms with van der Waals surface area (Å²) in [6, 6.07) is 18.3. The van der Waals surface area contributed by atoms with Crippen molar-refractivity contribution in [2.75, 3.05) is 5.32 Å². The van der Waals surface area contributed by atoms with E-state index in [-0.39, 0.29) is 10.8 Å². The summed E-state index contributed by atoms with van der Waals surface area (Å²) in [6.45, 7) is 0. The maximum Gasteiger partial charge on any atom is 0.269 e. The van der Waals surface area contributed by atoms with Crippen LogP contribution in [0.15, 0.2) is 66.7 Å². The molecular weight excluding hydrogens is 483 g/mol. The molecule has 3 aromatic carbocycles. The van der Waals surface area contributed by atoms with Crippen LogP contribution in [0.4, 0.5) is 11.4 Å². The molecule has 1 atom stereocenters. The van der Waals surface area contributed by atoms with Gasteiger partial charge in [0.05, 0.1) is 4.92 Å². The van der Waals surface area contributed by atoms with Gasteiger partial charge < -0.3 is 16.0 Å². The maximum absolute atomic E-state index is 12.9. The average Bonchev–Trinajstić information content (AvgIpc) is 2.72. The standard InChI is InChI=1S/C20H15Cl3N4O3S/c21-20(22,23)18(26-19(31)24-13-8-10-14(11-9-13)27(29)30)25-17(28)16-7-3-5-12-4-1-2-6-15(12)16/h1-11,18H,(H,25,28)(H2,24,26,31). The molecule has 0 aliphatic rings. The van der Waals surface area contributed by atoms with Crippen LogP contribution in [0.3, 0.4) is 0 Å². The van der Waals surface area contributed by atoms with Gasteiger partial charge >= 0.3 is 0 Å². The number of rotatable bonds is 5. The summed E-state index contributed by atoms with van der Waals surface area (Å²) in [5, 5.41) is 20.7. The van der Waals surface area contributed by atoms with Crippen LogP contribution in [0.1, 0.15) is 10.4 Å². The topological polar surface area (TPSA) is 96.3 Å². The molecule has 0 aliphatic carbocycles. The minimum Gasteiger partial charge on any atom is -0.339 e. The third-order valence-corrected chi connectivity index (χ3v) is 5.12. The number of carbonyl (C=O) groups excluding carboxylic acids is 1. The molecule has 3 aromatic rings. The van der Waals surface area contributed by atoms with Crippen LogP contribution >= 0.6 is 47.0 Å². The third-order valence-electron chi connectivity index (χ3n) is 4.25. The lowest BCUT2D eigenvalue weighted by molar-refractivity contribution is -0.384. The van der Waals surface area contributed by atoms with E-state index in [0.717, 1.165) is 10.8 Å². The molecule has 7 nitrogen and oxygen atoms in total. The Morgan fingerprint density at radius 3 is 2.26 bits per heavy atom. The lowest BCUT2D eigenvalue weighted by Crippen LogP contribution is -2.56. The van der Waals surface area contributed by atoms with Crippen molar-refractivity contribution in [3.05, 3.63) is 82.4 Å². The molecule has 3 rings (SSSR count). The van der Waals surface area contributed by atoms with Crippen LogP contribution in [0.25, 0.3) is 10.8 Å². The van der Waals surface area contributed by atoms with Gasteiger partial charge in [0, 0.05) is 23.4 Å². The first-order chi connectivity index (χ1) is 14.6. The fraction of sp³-hybridized carbons (Fsp3) is 0.100. The normalized spacial score (nSPS) is 12.1. The summed E-state index contributed by atoms with van der Waals surface area (Å²) in [4.78, 5) is 23.1. The second-order valence-corrected chi connectivity index (χ2v) is 9.15. The number of fused-ring (bicyclic) bond motifs is 1. The smallest absolute Gasteiger partial charge is 0.269 e. The van der Waals surface area contributed by atoms with E-state index in [0.29, 0.717) is 11.3 Å². The first-order valence-corrected chi connectivity index (χ1v) is 10.4. The molecule has 0 aromatic heterocycles. The van der Waals surface area contributed by atoms with Gasteiger partial charge in [-0.15, -0.1) is 0 Å². The van der Waals surface area contributed by atoms with Crippen LogP contribution in [0, 0.1) is 10.1 Å². The van der Waals surface area contributed by atoms with E-state index in [2.05, 4.69) is 16.0 Å². The summed E-state index contributed by atoms with van der Waals surface area (Å²) < 4.78 is -1.93. The molecule has 0 bridgehead atoms. The molecule has 1 unspecified atom stereocenters. The second kappa shape index (κ2) is 9.65. The summed E-state index contributed by atoms with van der Waals surface area (Å²) in [7, 11) is 0. The Morgan fingerprint density at radius 1 is 0.968 bits per heavy atom. The second-order valence-electron chi connectivity index (χ2n) is 6.38. The zero-order valence-corrected chi connectivity index (χ0v) is 18.7. The molecule has 0 fully saturated rings. The highest BCUT2D eigenvalue weighted by Crippen LogP contribution is 2.30. The molecule has 1 amide bonds. The number of alkyl halides is 3. The Bertz CT molecular complexity index is 1130. The minimum atomic E-state index is -1.93. The predicted octanol–water partition coefficient (Wildman–Crippen LogP) is 5.16. The SMILES string of the molecule is O=C(NC(NC(=S)Nc1ccc([N+](=O)[O-])cc1)C(Cl)(Cl)Cl)c1cccc2ccccc12. The van der Waals surface area contributed by atoms with Crippen LogP contribution < -0.4 is 16.0 Å². The van der Waals surface area contributed by atoms with Crippen molar-refractivity contribution in [2.45, 2.75) is 9.96 Å².